The largest absolute Gasteiger partial charge is 0.494 e. The van der Waals surface area contributed by atoms with Crippen LogP contribution in [-0.2, 0) is 0 Å². The normalized spacial score (nSPS) is 9.96. The average molecular weight is 368 g/mol. The molecule has 0 aliphatic rings. The Kier molecular flexibility index (Phi) is 7.91. The van der Waals surface area contributed by atoms with Crippen LogP contribution in [0.3, 0.4) is 0 Å². The first-order valence-electron chi connectivity index (χ1n) is 8.82. The van der Waals surface area contributed by atoms with Crippen molar-refractivity contribution in [3.8, 4) is 11.5 Å². The summed E-state index contributed by atoms with van der Waals surface area (Å²) in [5.41, 5.74) is 5.52. The van der Waals surface area contributed by atoms with Crippen molar-refractivity contribution >= 4 is 11.8 Å². The van der Waals surface area contributed by atoms with E-state index in [0.717, 1.165) is 12.8 Å². The highest BCUT2D eigenvalue weighted by atomic mass is 16.5. The summed E-state index contributed by atoms with van der Waals surface area (Å²) in [5, 5.41) is 0. The third kappa shape index (κ3) is 6.18. The summed E-state index contributed by atoms with van der Waals surface area (Å²) in [6.07, 6.45) is 3.63. The van der Waals surface area contributed by atoms with Crippen LogP contribution < -0.4 is 20.3 Å². The molecule has 0 fully saturated rings. The zero-order chi connectivity index (χ0) is 19.5. The van der Waals surface area contributed by atoms with E-state index in [-0.39, 0.29) is 6.61 Å². The average Bonchev–Trinajstić information content (AvgIpc) is 2.71. The Bertz CT molecular complexity index is 772. The van der Waals surface area contributed by atoms with Crippen LogP contribution in [0.4, 0.5) is 0 Å². The molecule has 2 amide bonds. The summed E-state index contributed by atoms with van der Waals surface area (Å²) in [5.74, 6) is 0.227. The second-order valence-corrected chi connectivity index (χ2v) is 5.73. The van der Waals surface area contributed by atoms with Gasteiger partial charge in [0.2, 0.25) is 0 Å². The van der Waals surface area contributed by atoms with Crippen molar-refractivity contribution in [1.29, 1.82) is 0 Å². The molecule has 2 aromatic carbocycles. The van der Waals surface area contributed by atoms with Gasteiger partial charge in [-0.15, -0.1) is 0 Å². The number of hydrazine groups is 1. The number of carbonyl (C=O) groups excluding carboxylic acids is 2. The van der Waals surface area contributed by atoms with Crippen LogP contribution in [0.2, 0.25) is 0 Å². The lowest BCUT2D eigenvalue weighted by Crippen LogP contribution is -2.41. The second-order valence-electron chi connectivity index (χ2n) is 5.73. The van der Waals surface area contributed by atoms with E-state index >= 15 is 0 Å². The van der Waals surface area contributed by atoms with Crippen molar-refractivity contribution in [2.45, 2.75) is 19.8 Å². The lowest BCUT2D eigenvalue weighted by molar-refractivity contribution is 0.0844. The van der Waals surface area contributed by atoms with Gasteiger partial charge in [-0.3, -0.25) is 20.4 Å². The molecular weight excluding hydrogens is 344 g/mol. The van der Waals surface area contributed by atoms with Crippen molar-refractivity contribution < 1.29 is 19.1 Å². The molecule has 0 saturated heterocycles. The fourth-order valence-electron chi connectivity index (χ4n) is 2.22. The third-order valence-electron chi connectivity index (χ3n) is 3.66. The number of hydrogen-bond acceptors (Lipinski definition) is 4. The van der Waals surface area contributed by atoms with E-state index in [4.69, 9.17) is 9.47 Å². The Labute approximate surface area is 159 Å². The third-order valence-corrected chi connectivity index (χ3v) is 3.66. The number of rotatable bonds is 9. The van der Waals surface area contributed by atoms with Crippen LogP contribution in [0, 0.1) is 0 Å². The highest BCUT2D eigenvalue weighted by Crippen LogP contribution is 2.17. The minimum atomic E-state index is -0.470. The van der Waals surface area contributed by atoms with Crippen LogP contribution in [0.25, 0.3) is 0 Å². The summed E-state index contributed by atoms with van der Waals surface area (Å²) in [4.78, 5) is 24.5. The van der Waals surface area contributed by atoms with Gasteiger partial charge in [0, 0.05) is 5.56 Å². The maximum atomic E-state index is 12.3. The minimum Gasteiger partial charge on any atom is -0.494 e. The molecule has 6 nitrogen and oxygen atoms in total. The molecule has 2 aromatic rings. The highest BCUT2D eigenvalue weighted by Gasteiger charge is 2.13. The molecule has 0 saturated carbocycles. The van der Waals surface area contributed by atoms with E-state index < -0.39 is 11.8 Å². The van der Waals surface area contributed by atoms with Gasteiger partial charge < -0.3 is 9.47 Å². The van der Waals surface area contributed by atoms with Gasteiger partial charge in [-0.25, -0.2) is 0 Å². The standard InChI is InChI=1S/C21H24N2O4/c1-3-5-15-26-17-12-10-16(11-13-17)20(24)22-23-21(25)18-8-6-7-9-19(18)27-14-4-2/h4,6-13H,2-3,5,14-15H2,1H3,(H,22,24)(H,23,25). The number of hydrogen-bond donors (Lipinski definition) is 2. The number of amides is 2. The minimum absolute atomic E-state index is 0.281. The molecule has 0 atom stereocenters. The monoisotopic (exact) mass is 368 g/mol. The molecule has 6 heteroatoms. The molecule has 0 aromatic heterocycles. The van der Waals surface area contributed by atoms with Crippen LogP contribution in [0.15, 0.2) is 61.2 Å². The summed E-state index contributed by atoms with van der Waals surface area (Å²) in [7, 11) is 0. The summed E-state index contributed by atoms with van der Waals surface area (Å²) in [6, 6.07) is 13.5. The second kappa shape index (κ2) is 10.7. The van der Waals surface area contributed by atoms with Crippen molar-refractivity contribution in [1.82, 2.24) is 10.9 Å². The van der Waals surface area contributed by atoms with E-state index in [9.17, 15) is 9.59 Å². The molecule has 0 bridgehead atoms. The van der Waals surface area contributed by atoms with Gasteiger partial charge in [-0.1, -0.05) is 38.1 Å². The maximum absolute atomic E-state index is 12.3. The predicted molar refractivity (Wildman–Crippen MR) is 104 cm³/mol. The Balaban J connectivity index is 1.91. The van der Waals surface area contributed by atoms with Crippen LogP contribution in [-0.4, -0.2) is 25.0 Å². The molecule has 0 aliphatic heterocycles. The molecule has 0 spiro atoms. The smallest absolute Gasteiger partial charge is 0.273 e. The summed E-state index contributed by atoms with van der Waals surface area (Å²) >= 11 is 0. The van der Waals surface area contributed by atoms with E-state index in [1.807, 2.05) is 0 Å². The quantitative estimate of drug-likeness (QED) is 0.403. The van der Waals surface area contributed by atoms with Gasteiger partial charge in [-0.2, -0.15) is 0 Å². The van der Waals surface area contributed by atoms with Gasteiger partial charge in [-0.05, 0) is 42.8 Å². The van der Waals surface area contributed by atoms with E-state index in [1.54, 1.807) is 54.6 Å². The molecule has 2 rings (SSSR count). The predicted octanol–water partition coefficient (Wildman–Crippen LogP) is 3.51. The van der Waals surface area contributed by atoms with Crippen molar-refractivity contribution in [3.63, 3.8) is 0 Å². The van der Waals surface area contributed by atoms with Crippen molar-refractivity contribution in [2.75, 3.05) is 13.2 Å². The number of unbranched alkanes of at least 4 members (excludes halogenated alkanes) is 1. The van der Waals surface area contributed by atoms with Gasteiger partial charge in [0.05, 0.1) is 12.2 Å². The summed E-state index contributed by atoms with van der Waals surface area (Å²) < 4.78 is 11.0. The molecule has 0 unspecified atom stereocenters. The Morgan fingerprint density at radius 1 is 1.00 bits per heavy atom. The Morgan fingerprint density at radius 3 is 2.41 bits per heavy atom. The Hall–Kier alpha value is -3.28. The van der Waals surface area contributed by atoms with Gasteiger partial charge in [0.15, 0.2) is 0 Å². The van der Waals surface area contributed by atoms with Gasteiger partial charge >= 0.3 is 0 Å². The lowest BCUT2D eigenvalue weighted by Gasteiger charge is -2.11. The number of ether oxygens (including phenoxy) is 2. The zero-order valence-electron chi connectivity index (χ0n) is 15.4. The van der Waals surface area contributed by atoms with Crippen LogP contribution in [0.5, 0.6) is 11.5 Å². The summed E-state index contributed by atoms with van der Waals surface area (Å²) in [6.45, 7) is 6.60. The maximum Gasteiger partial charge on any atom is 0.273 e. The first-order valence-corrected chi connectivity index (χ1v) is 8.82. The Morgan fingerprint density at radius 2 is 1.70 bits per heavy atom. The first kappa shape index (κ1) is 20.0. The molecule has 142 valence electrons. The number of para-hydroxylation sites is 1. The molecule has 0 aliphatic carbocycles. The topological polar surface area (TPSA) is 76.7 Å². The number of carbonyl (C=O) groups is 2. The lowest BCUT2D eigenvalue weighted by atomic mass is 10.2. The zero-order valence-corrected chi connectivity index (χ0v) is 15.4. The molecule has 0 heterocycles. The van der Waals surface area contributed by atoms with Crippen molar-refractivity contribution in [2.24, 2.45) is 0 Å². The fraction of sp³-hybridized carbons (Fsp3) is 0.238. The number of benzene rings is 2. The van der Waals surface area contributed by atoms with Gasteiger partial charge in [0.1, 0.15) is 18.1 Å². The van der Waals surface area contributed by atoms with Crippen LogP contribution in [0.1, 0.15) is 40.5 Å². The van der Waals surface area contributed by atoms with E-state index in [0.29, 0.717) is 29.2 Å². The van der Waals surface area contributed by atoms with E-state index in [1.165, 1.54) is 0 Å². The molecular formula is C21H24N2O4. The van der Waals surface area contributed by atoms with Crippen LogP contribution >= 0.6 is 0 Å². The highest BCUT2D eigenvalue weighted by molar-refractivity contribution is 6.00. The first-order chi connectivity index (χ1) is 13.2. The molecule has 27 heavy (non-hydrogen) atoms. The fourth-order valence-corrected chi connectivity index (χ4v) is 2.22. The SMILES string of the molecule is C=CCOc1ccccc1C(=O)NNC(=O)c1ccc(OCCCC)cc1. The van der Waals surface area contributed by atoms with Gasteiger partial charge in [0.25, 0.3) is 11.8 Å². The molecule has 0 radical (unpaired) electrons. The number of nitrogens with one attached hydrogen (secondary N) is 2. The van der Waals surface area contributed by atoms with E-state index in [2.05, 4.69) is 24.4 Å². The molecule has 2 N–H and O–H groups in total. The van der Waals surface area contributed by atoms with Crippen molar-refractivity contribution in [3.05, 3.63) is 72.3 Å².